The van der Waals surface area contributed by atoms with Gasteiger partial charge in [-0.15, -0.1) is 0 Å². The van der Waals surface area contributed by atoms with E-state index in [0.717, 1.165) is 5.56 Å². The zero-order valence-corrected chi connectivity index (χ0v) is 10.7. The largest absolute Gasteiger partial charge is 0.456 e. The molecule has 0 aromatic heterocycles. The van der Waals surface area contributed by atoms with Crippen LogP contribution in [0.15, 0.2) is 36.4 Å². The van der Waals surface area contributed by atoms with E-state index in [9.17, 15) is 4.39 Å². The fraction of sp³-hybridized carbons (Fsp3) is 0.143. The number of rotatable bonds is 3. The Balaban J connectivity index is 2.33. The van der Waals surface area contributed by atoms with Gasteiger partial charge in [-0.2, -0.15) is 0 Å². The van der Waals surface area contributed by atoms with Crippen LogP contribution in [0, 0.1) is 12.7 Å². The van der Waals surface area contributed by atoms with Gasteiger partial charge in [0.2, 0.25) is 0 Å². The summed E-state index contributed by atoms with van der Waals surface area (Å²) in [6, 6.07) is 9.81. The maximum Gasteiger partial charge on any atom is 0.146 e. The van der Waals surface area contributed by atoms with Crippen molar-refractivity contribution in [2.75, 3.05) is 0 Å². The highest BCUT2D eigenvalue weighted by molar-refractivity contribution is 6.32. The van der Waals surface area contributed by atoms with Crippen LogP contribution in [0.2, 0.25) is 5.02 Å². The van der Waals surface area contributed by atoms with Gasteiger partial charge in [0.05, 0.1) is 5.02 Å². The molecule has 0 fully saturated rings. The quantitative estimate of drug-likeness (QED) is 0.909. The molecule has 0 amide bonds. The summed E-state index contributed by atoms with van der Waals surface area (Å²) in [6.45, 7) is 2.19. The lowest BCUT2D eigenvalue weighted by Crippen LogP contribution is -1.97. The van der Waals surface area contributed by atoms with E-state index >= 15 is 0 Å². The van der Waals surface area contributed by atoms with Crippen molar-refractivity contribution < 1.29 is 9.13 Å². The van der Waals surface area contributed by atoms with Crippen molar-refractivity contribution in [2.24, 2.45) is 5.73 Å². The van der Waals surface area contributed by atoms with E-state index in [0.29, 0.717) is 22.1 Å². The lowest BCUT2D eigenvalue weighted by atomic mass is 10.2. The minimum absolute atomic E-state index is 0.260. The van der Waals surface area contributed by atoms with Gasteiger partial charge in [0.25, 0.3) is 0 Å². The van der Waals surface area contributed by atoms with Crippen LogP contribution in [-0.2, 0) is 6.54 Å². The van der Waals surface area contributed by atoms with Gasteiger partial charge < -0.3 is 10.5 Å². The summed E-state index contributed by atoms with van der Waals surface area (Å²) in [5.41, 5.74) is 7.18. The summed E-state index contributed by atoms with van der Waals surface area (Å²) in [6.07, 6.45) is 0. The molecule has 2 aromatic rings. The summed E-state index contributed by atoms with van der Waals surface area (Å²) < 4.78 is 18.9. The number of halogens is 2. The highest BCUT2D eigenvalue weighted by Gasteiger charge is 2.06. The van der Waals surface area contributed by atoms with Gasteiger partial charge in [0, 0.05) is 12.6 Å². The zero-order chi connectivity index (χ0) is 13.1. The van der Waals surface area contributed by atoms with E-state index in [1.165, 1.54) is 12.1 Å². The van der Waals surface area contributed by atoms with Crippen LogP contribution < -0.4 is 10.5 Å². The molecule has 0 aliphatic carbocycles. The molecule has 0 aliphatic heterocycles. The monoisotopic (exact) mass is 265 g/mol. The number of aryl methyl sites for hydroxylation is 1. The predicted molar refractivity (Wildman–Crippen MR) is 70.6 cm³/mol. The fourth-order valence-electron chi connectivity index (χ4n) is 1.61. The molecule has 94 valence electrons. The van der Waals surface area contributed by atoms with Gasteiger partial charge in [-0.1, -0.05) is 17.7 Å². The molecule has 0 bridgehead atoms. The van der Waals surface area contributed by atoms with Crippen molar-refractivity contribution in [3.63, 3.8) is 0 Å². The molecule has 0 radical (unpaired) electrons. The first-order valence-electron chi connectivity index (χ1n) is 5.52. The van der Waals surface area contributed by atoms with Gasteiger partial charge >= 0.3 is 0 Å². The van der Waals surface area contributed by atoms with E-state index in [-0.39, 0.29) is 12.4 Å². The van der Waals surface area contributed by atoms with Crippen LogP contribution in [-0.4, -0.2) is 0 Å². The van der Waals surface area contributed by atoms with Crippen molar-refractivity contribution >= 4 is 11.6 Å². The van der Waals surface area contributed by atoms with Gasteiger partial charge in [-0.3, -0.25) is 0 Å². The van der Waals surface area contributed by atoms with Crippen LogP contribution >= 0.6 is 11.6 Å². The summed E-state index contributed by atoms with van der Waals surface area (Å²) in [4.78, 5) is 0. The molecule has 2 N–H and O–H groups in total. The van der Waals surface area contributed by atoms with Crippen LogP contribution in [0.25, 0.3) is 0 Å². The van der Waals surface area contributed by atoms with E-state index < -0.39 is 0 Å². The van der Waals surface area contributed by atoms with E-state index in [2.05, 4.69) is 0 Å². The van der Waals surface area contributed by atoms with Crippen molar-refractivity contribution in [1.82, 2.24) is 0 Å². The number of hydrogen-bond acceptors (Lipinski definition) is 2. The number of benzene rings is 2. The topological polar surface area (TPSA) is 35.2 Å². The third-order valence-electron chi connectivity index (χ3n) is 2.48. The average Bonchev–Trinajstić information content (AvgIpc) is 2.33. The highest BCUT2D eigenvalue weighted by atomic mass is 35.5. The minimum atomic E-state index is -0.378. The first-order chi connectivity index (χ1) is 8.58. The van der Waals surface area contributed by atoms with Crippen molar-refractivity contribution in [2.45, 2.75) is 13.5 Å². The van der Waals surface area contributed by atoms with Crippen LogP contribution in [0.5, 0.6) is 11.5 Å². The third-order valence-corrected chi connectivity index (χ3v) is 2.79. The molecule has 0 unspecified atom stereocenters. The average molecular weight is 266 g/mol. The Hall–Kier alpha value is -1.58. The summed E-state index contributed by atoms with van der Waals surface area (Å²) >= 11 is 6.02. The molecule has 2 rings (SSSR count). The number of nitrogens with two attached hydrogens (primary N) is 1. The first-order valence-corrected chi connectivity index (χ1v) is 5.90. The molecule has 0 aliphatic rings. The summed E-state index contributed by atoms with van der Waals surface area (Å²) in [5, 5.41) is 0.485. The van der Waals surface area contributed by atoms with E-state index in [1.54, 1.807) is 18.2 Å². The predicted octanol–water partition coefficient (Wildman–Crippen LogP) is 4.04. The number of hydrogen-bond donors (Lipinski definition) is 1. The zero-order valence-electron chi connectivity index (χ0n) is 9.91. The number of ether oxygens (including phenoxy) is 1. The Morgan fingerprint density at radius 1 is 1.22 bits per heavy atom. The molecule has 18 heavy (non-hydrogen) atoms. The smallest absolute Gasteiger partial charge is 0.146 e. The maximum atomic E-state index is 13.3. The molecular weight excluding hydrogens is 253 g/mol. The third kappa shape index (κ3) is 3.00. The Morgan fingerprint density at radius 3 is 2.72 bits per heavy atom. The molecule has 4 heteroatoms. The van der Waals surface area contributed by atoms with Crippen LogP contribution in [0.1, 0.15) is 11.1 Å². The molecular formula is C14H13ClFNO. The molecule has 0 saturated carbocycles. The molecule has 0 spiro atoms. The molecule has 0 heterocycles. The van der Waals surface area contributed by atoms with Gasteiger partial charge in [-0.25, -0.2) is 4.39 Å². The summed E-state index contributed by atoms with van der Waals surface area (Å²) in [5.74, 6) is 0.518. The van der Waals surface area contributed by atoms with Crippen molar-refractivity contribution in [1.29, 1.82) is 0 Å². The Labute approximate surface area is 110 Å². The molecule has 0 atom stereocenters. The Kier molecular flexibility index (Phi) is 3.84. The molecule has 2 aromatic carbocycles. The highest BCUT2D eigenvalue weighted by Crippen LogP contribution is 2.30. The SMILES string of the molecule is Cc1ccc(Cl)c(Oc2cc(F)cc(CN)c2)c1. The normalized spacial score (nSPS) is 10.4. The second kappa shape index (κ2) is 5.38. The summed E-state index contributed by atoms with van der Waals surface area (Å²) in [7, 11) is 0. The Bertz CT molecular complexity index is 572. The first kappa shape index (κ1) is 12.9. The minimum Gasteiger partial charge on any atom is -0.456 e. The van der Waals surface area contributed by atoms with Crippen LogP contribution in [0.4, 0.5) is 4.39 Å². The lowest BCUT2D eigenvalue weighted by molar-refractivity contribution is 0.475. The van der Waals surface area contributed by atoms with Crippen LogP contribution in [0.3, 0.4) is 0 Å². The second-order valence-electron chi connectivity index (χ2n) is 4.04. The Morgan fingerprint density at radius 2 is 2.00 bits per heavy atom. The second-order valence-corrected chi connectivity index (χ2v) is 4.44. The van der Waals surface area contributed by atoms with Crippen molar-refractivity contribution in [3.05, 3.63) is 58.4 Å². The standard InChI is InChI=1S/C14H13ClFNO/c1-9-2-3-13(15)14(4-9)18-12-6-10(8-17)5-11(16)7-12/h2-7H,8,17H2,1H3. The fourth-order valence-corrected chi connectivity index (χ4v) is 1.77. The van der Waals surface area contributed by atoms with Gasteiger partial charge in [-0.05, 0) is 42.3 Å². The lowest BCUT2D eigenvalue weighted by Gasteiger charge is -2.09. The van der Waals surface area contributed by atoms with Crippen molar-refractivity contribution in [3.8, 4) is 11.5 Å². The van der Waals surface area contributed by atoms with Gasteiger partial charge in [0.15, 0.2) is 0 Å². The molecule has 0 saturated heterocycles. The van der Waals surface area contributed by atoms with E-state index in [4.69, 9.17) is 22.1 Å². The van der Waals surface area contributed by atoms with E-state index in [1.807, 2.05) is 13.0 Å². The maximum absolute atomic E-state index is 13.3. The van der Waals surface area contributed by atoms with Gasteiger partial charge in [0.1, 0.15) is 17.3 Å². The molecule has 2 nitrogen and oxygen atoms in total.